The molecular weight excluding hydrogens is 274 g/mol. The monoisotopic (exact) mass is 289 g/mol. The molecule has 3 heterocycles. The standard InChI is InChI=1S/C19H15NO2/c1-13-4-7-16(22-13)8-5-14-6-9-17-15(11-14)12-18(20-17)19-3-2-10-21-19/h2-12,20H,1H3/b8-5+. The minimum Gasteiger partial charge on any atom is -0.463 e. The Balaban J connectivity index is 1.67. The Labute approximate surface area is 127 Å². The van der Waals surface area contributed by atoms with Gasteiger partial charge < -0.3 is 13.8 Å². The number of rotatable bonds is 3. The van der Waals surface area contributed by atoms with Crippen LogP contribution >= 0.6 is 0 Å². The molecular formula is C19H15NO2. The minimum absolute atomic E-state index is 0.847. The second-order valence-electron chi connectivity index (χ2n) is 5.29. The fourth-order valence-corrected chi connectivity index (χ4v) is 2.54. The van der Waals surface area contributed by atoms with Crippen molar-refractivity contribution < 1.29 is 8.83 Å². The maximum Gasteiger partial charge on any atom is 0.150 e. The van der Waals surface area contributed by atoms with E-state index in [2.05, 4.69) is 35.3 Å². The highest BCUT2D eigenvalue weighted by Crippen LogP contribution is 2.25. The summed E-state index contributed by atoms with van der Waals surface area (Å²) in [4.78, 5) is 3.37. The van der Waals surface area contributed by atoms with Gasteiger partial charge in [-0.3, -0.25) is 0 Å². The molecule has 0 amide bonds. The van der Waals surface area contributed by atoms with Gasteiger partial charge in [0.05, 0.1) is 12.0 Å². The summed E-state index contributed by atoms with van der Waals surface area (Å²) in [5.74, 6) is 2.63. The summed E-state index contributed by atoms with van der Waals surface area (Å²) >= 11 is 0. The van der Waals surface area contributed by atoms with E-state index >= 15 is 0 Å². The number of benzene rings is 1. The Morgan fingerprint density at radius 3 is 2.73 bits per heavy atom. The maximum absolute atomic E-state index is 5.54. The van der Waals surface area contributed by atoms with Crippen molar-refractivity contribution in [1.29, 1.82) is 0 Å². The third-order valence-electron chi connectivity index (χ3n) is 3.63. The van der Waals surface area contributed by atoms with E-state index in [-0.39, 0.29) is 0 Å². The van der Waals surface area contributed by atoms with Crippen molar-refractivity contribution in [1.82, 2.24) is 4.98 Å². The van der Waals surface area contributed by atoms with Crippen LogP contribution in [0.2, 0.25) is 0 Å². The molecule has 0 atom stereocenters. The van der Waals surface area contributed by atoms with Crippen LogP contribution in [0.3, 0.4) is 0 Å². The van der Waals surface area contributed by atoms with Crippen LogP contribution in [0.15, 0.2) is 63.6 Å². The zero-order valence-electron chi connectivity index (χ0n) is 12.2. The van der Waals surface area contributed by atoms with Crippen LogP contribution in [0.5, 0.6) is 0 Å². The molecule has 0 aliphatic rings. The molecule has 22 heavy (non-hydrogen) atoms. The number of aromatic nitrogens is 1. The van der Waals surface area contributed by atoms with Crippen molar-refractivity contribution in [2.75, 3.05) is 0 Å². The lowest BCUT2D eigenvalue weighted by atomic mass is 10.1. The summed E-state index contributed by atoms with van der Waals surface area (Å²) in [6.07, 6.45) is 5.71. The lowest BCUT2D eigenvalue weighted by Crippen LogP contribution is -1.73. The van der Waals surface area contributed by atoms with Gasteiger partial charge in [0.25, 0.3) is 0 Å². The first-order chi connectivity index (χ1) is 10.8. The van der Waals surface area contributed by atoms with Gasteiger partial charge in [-0.1, -0.05) is 12.1 Å². The third-order valence-corrected chi connectivity index (χ3v) is 3.63. The first-order valence-electron chi connectivity index (χ1n) is 7.19. The molecule has 0 aliphatic heterocycles. The molecule has 0 fully saturated rings. The van der Waals surface area contributed by atoms with Crippen LogP contribution in [-0.4, -0.2) is 4.98 Å². The summed E-state index contributed by atoms with van der Waals surface area (Å²) in [6.45, 7) is 1.94. The summed E-state index contributed by atoms with van der Waals surface area (Å²) in [5, 5.41) is 1.16. The molecule has 108 valence electrons. The number of nitrogens with one attached hydrogen (secondary N) is 1. The lowest BCUT2D eigenvalue weighted by Gasteiger charge is -1.94. The predicted octanol–water partition coefficient (Wildman–Crippen LogP) is 5.50. The van der Waals surface area contributed by atoms with E-state index in [0.717, 1.165) is 39.4 Å². The number of hydrogen-bond donors (Lipinski definition) is 1. The van der Waals surface area contributed by atoms with E-state index < -0.39 is 0 Å². The first kappa shape index (κ1) is 12.8. The predicted molar refractivity (Wildman–Crippen MR) is 88.4 cm³/mol. The second kappa shape index (κ2) is 5.11. The number of aryl methyl sites for hydroxylation is 1. The van der Waals surface area contributed by atoms with Crippen molar-refractivity contribution in [2.45, 2.75) is 6.92 Å². The summed E-state index contributed by atoms with van der Waals surface area (Å²) in [5.41, 5.74) is 3.21. The van der Waals surface area contributed by atoms with Gasteiger partial charge in [0.1, 0.15) is 17.3 Å². The van der Waals surface area contributed by atoms with Gasteiger partial charge in [0.2, 0.25) is 0 Å². The fraction of sp³-hybridized carbons (Fsp3) is 0.0526. The average molecular weight is 289 g/mol. The maximum atomic E-state index is 5.54. The highest BCUT2D eigenvalue weighted by atomic mass is 16.3. The highest BCUT2D eigenvalue weighted by Gasteiger charge is 2.05. The lowest BCUT2D eigenvalue weighted by molar-refractivity contribution is 0.525. The smallest absolute Gasteiger partial charge is 0.150 e. The molecule has 0 aliphatic carbocycles. The quantitative estimate of drug-likeness (QED) is 0.541. The molecule has 4 aromatic rings. The molecule has 0 bridgehead atoms. The van der Waals surface area contributed by atoms with Gasteiger partial charge in [-0.25, -0.2) is 0 Å². The molecule has 0 saturated heterocycles. The van der Waals surface area contributed by atoms with Crippen LogP contribution in [-0.2, 0) is 0 Å². The van der Waals surface area contributed by atoms with Crippen molar-refractivity contribution in [3.05, 3.63) is 71.9 Å². The van der Waals surface area contributed by atoms with Gasteiger partial charge in [-0.05, 0) is 61.0 Å². The van der Waals surface area contributed by atoms with Crippen molar-refractivity contribution in [2.24, 2.45) is 0 Å². The molecule has 0 spiro atoms. The second-order valence-corrected chi connectivity index (χ2v) is 5.29. The average Bonchev–Trinajstić information content (AvgIpc) is 3.24. The Bertz CT molecular complexity index is 939. The third kappa shape index (κ3) is 2.37. The number of hydrogen-bond acceptors (Lipinski definition) is 2. The Morgan fingerprint density at radius 1 is 1.00 bits per heavy atom. The summed E-state index contributed by atoms with van der Waals surface area (Å²) < 4.78 is 11.0. The molecule has 1 aromatic carbocycles. The molecule has 1 N–H and O–H groups in total. The number of H-pyrrole nitrogens is 1. The summed E-state index contributed by atoms with van der Waals surface area (Å²) in [7, 11) is 0. The topological polar surface area (TPSA) is 42.1 Å². The number of aromatic amines is 1. The normalized spacial score (nSPS) is 11.7. The number of fused-ring (bicyclic) bond motifs is 1. The highest BCUT2D eigenvalue weighted by molar-refractivity contribution is 5.87. The molecule has 4 rings (SSSR count). The first-order valence-corrected chi connectivity index (χ1v) is 7.19. The van der Waals surface area contributed by atoms with Crippen LogP contribution in [0, 0.1) is 6.92 Å². The van der Waals surface area contributed by atoms with Crippen molar-refractivity contribution in [3.8, 4) is 11.5 Å². The molecule has 3 heteroatoms. The molecule has 0 saturated carbocycles. The van der Waals surface area contributed by atoms with Crippen LogP contribution < -0.4 is 0 Å². The minimum atomic E-state index is 0.847. The van der Waals surface area contributed by atoms with Gasteiger partial charge in [-0.2, -0.15) is 0 Å². The van der Waals surface area contributed by atoms with Gasteiger partial charge >= 0.3 is 0 Å². The van der Waals surface area contributed by atoms with E-state index in [0.29, 0.717) is 0 Å². The van der Waals surface area contributed by atoms with Crippen LogP contribution in [0.1, 0.15) is 17.1 Å². The zero-order chi connectivity index (χ0) is 14.9. The van der Waals surface area contributed by atoms with E-state index in [1.54, 1.807) is 6.26 Å². The Kier molecular flexibility index (Phi) is 2.97. The molecule has 0 unspecified atom stereocenters. The fourth-order valence-electron chi connectivity index (χ4n) is 2.54. The largest absolute Gasteiger partial charge is 0.463 e. The van der Waals surface area contributed by atoms with E-state index in [9.17, 15) is 0 Å². The van der Waals surface area contributed by atoms with E-state index in [1.165, 1.54) is 0 Å². The zero-order valence-corrected chi connectivity index (χ0v) is 12.2. The van der Waals surface area contributed by atoms with Gasteiger partial charge in [0, 0.05) is 10.9 Å². The van der Waals surface area contributed by atoms with Gasteiger partial charge in [0.15, 0.2) is 0 Å². The SMILES string of the molecule is Cc1ccc(/C=C/c2ccc3[nH]c(-c4ccco4)cc3c2)o1. The van der Waals surface area contributed by atoms with Crippen LogP contribution in [0.4, 0.5) is 0 Å². The van der Waals surface area contributed by atoms with E-state index in [1.807, 2.05) is 37.3 Å². The van der Waals surface area contributed by atoms with Crippen molar-refractivity contribution in [3.63, 3.8) is 0 Å². The summed E-state index contributed by atoms with van der Waals surface area (Å²) in [6, 6.07) is 16.2. The van der Waals surface area contributed by atoms with Gasteiger partial charge in [-0.15, -0.1) is 0 Å². The Morgan fingerprint density at radius 2 is 1.95 bits per heavy atom. The molecule has 3 nitrogen and oxygen atoms in total. The number of furan rings is 2. The van der Waals surface area contributed by atoms with Crippen molar-refractivity contribution >= 4 is 23.1 Å². The molecule has 3 aromatic heterocycles. The Hall–Kier alpha value is -2.94. The van der Waals surface area contributed by atoms with Crippen LogP contribution in [0.25, 0.3) is 34.5 Å². The molecule has 0 radical (unpaired) electrons. The van der Waals surface area contributed by atoms with E-state index in [4.69, 9.17) is 8.83 Å².